The van der Waals surface area contributed by atoms with Gasteiger partial charge in [0.1, 0.15) is 18.0 Å². The molecule has 0 spiro atoms. The molecule has 2 atom stereocenters. The van der Waals surface area contributed by atoms with Crippen LogP contribution >= 0.6 is 0 Å². The molecule has 4 heterocycles. The third-order valence-electron chi connectivity index (χ3n) is 4.80. The fourth-order valence-electron chi connectivity index (χ4n) is 3.46. The van der Waals surface area contributed by atoms with Crippen LogP contribution in [0.1, 0.15) is 19.3 Å². The summed E-state index contributed by atoms with van der Waals surface area (Å²) >= 11 is 0. The van der Waals surface area contributed by atoms with Gasteiger partial charge in [0.25, 0.3) is 0 Å². The topological polar surface area (TPSA) is 79.5 Å². The van der Waals surface area contributed by atoms with Gasteiger partial charge in [0, 0.05) is 32.9 Å². The van der Waals surface area contributed by atoms with Gasteiger partial charge in [-0.2, -0.15) is 10.1 Å². The number of ether oxygens (including phenoxy) is 1. The Kier molecular flexibility index (Phi) is 4.44. The Morgan fingerprint density at radius 1 is 1.16 bits per heavy atom. The van der Waals surface area contributed by atoms with E-state index >= 15 is 0 Å². The van der Waals surface area contributed by atoms with E-state index in [1.54, 1.807) is 23.3 Å². The van der Waals surface area contributed by atoms with Crippen molar-refractivity contribution in [3.63, 3.8) is 0 Å². The Morgan fingerprint density at radius 2 is 2.00 bits per heavy atom. The molecule has 2 fully saturated rings. The lowest BCUT2D eigenvalue weighted by Crippen LogP contribution is -2.32. The monoisotopic (exact) mass is 344 g/mol. The molecule has 1 N–H and O–H groups in total. The zero-order valence-electron chi connectivity index (χ0n) is 14.5. The fourth-order valence-corrected chi connectivity index (χ4v) is 3.46. The number of aliphatic hydroxyl groups excluding tert-OH is 1. The van der Waals surface area contributed by atoms with E-state index < -0.39 is 6.10 Å². The maximum absolute atomic E-state index is 10.4. The number of piperidine rings is 1. The number of rotatable bonds is 4. The highest BCUT2D eigenvalue weighted by atomic mass is 16.5. The van der Waals surface area contributed by atoms with Crippen molar-refractivity contribution in [2.45, 2.75) is 31.5 Å². The molecule has 4 rings (SSSR count). The summed E-state index contributed by atoms with van der Waals surface area (Å²) in [6, 6.07) is 1.90. The van der Waals surface area contributed by atoms with Gasteiger partial charge in [-0.15, -0.1) is 0 Å². The Bertz CT molecular complexity index is 715. The second kappa shape index (κ2) is 6.87. The molecule has 8 heteroatoms. The van der Waals surface area contributed by atoms with Crippen LogP contribution in [0.5, 0.6) is 5.75 Å². The minimum absolute atomic E-state index is 0.294. The largest absolute Gasteiger partial charge is 0.482 e. The zero-order valence-corrected chi connectivity index (χ0v) is 14.5. The molecule has 25 heavy (non-hydrogen) atoms. The van der Waals surface area contributed by atoms with Gasteiger partial charge >= 0.3 is 0 Å². The SMILES string of the molecule is Cn1cc(O[C@@H]2CN(c3ccnc(N4CCCCC4)n3)C[C@H]2O)cn1. The zero-order chi connectivity index (χ0) is 17.2. The molecule has 2 aliphatic heterocycles. The standard InChI is InChI=1S/C17H24N6O2/c1-21-10-13(9-19-21)25-15-12-23(11-14(15)24)16-5-6-18-17(20-16)22-7-3-2-4-8-22/h5-6,9-10,14-15,24H,2-4,7-8,11-12H2,1H3/t14-,15-/m1/s1. The number of aliphatic hydroxyl groups is 1. The first-order valence-corrected chi connectivity index (χ1v) is 8.85. The van der Waals surface area contributed by atoms with Crippen molar-refractivity contribution < 1.29 is 9.84 Å². The summed E-state index contributed by atoms with van der Waals surface area (Å²) in [5.41, 5.74) is 0. The predicted molar refractivity (Wildman–Crippen MR) is 93.9 cm³/mol. The van der Waals surface area contributed by atoms with Crippen LogP contribution in [-0.2, 0) is 7.05 Å². The average Bonchev–Trinajstić information content (AvgIpc) is 3.22. The second-order valence-corrected chi connectivity index (χ2v) is 6.74. The summed E-state index contributed by atoms with van der Waals surface area (Å²) in [5.74, 6) is 2.29. The Hall–Kier alpha value is -2.35. The molecule has 0 aliphatic carbocycles. The van der Waals surface area contributed by atoms with Crippen molar-refractivity contribution in [1.82, 2.24) is 19.7 Å². The van der Waals surface area contributed by atoms with Crippen molar-refractivity contribution >= 4 is 11.8 Å². The normalized spacial score (nSPS) is 23.9. The summed E-state index contributed by atoms with van der Waals surface area (Å²) in [4.78, 5) is 13.4. The summed E-state index contributed by atoms with van der Waals surface area (Å²) in [5, 5.41) is 14.5. The molecule has 8 nitrogen and oxygen atoms in total. The van der Waals surface area contributed by atoms with Crippen LogP contribution in [0.25, 0.3) is 0 Å². The Balaban J connectivity index is 1.45. The lowest BCUT2D eigenvalue weighted by Gasteiger charge is -2.27. The first kappa shape index (κ1) is 16.1. The van der Waals surface area contributed by atoms with E-state index in [1.807, 2.05) is 13.1 Å². The average molecular weight is 344 g/mol. The van der Waals surface area contributed by atoms with Gasteiger partial charge in [0.05, 0.1) is 18.9 Å². The van der Waals surface area contributed by atoms with Gasteiger partial charge in [0.15, 0.2) is 5.75 Å². The quantitative estimate of drug-likeness (QED) is 0.880. The third kappa shape index (κ3) is 3.53. The van der Waals surface area contributed by atoms with Gasteiger partial charge in [-0.05, 0) is 25.3 Å². The Morgan fingerprint density at radius 3 is 2.76 bits per heavy atom. The smallest absolute Gasteiger partial charge is 0.227 e. The number of hydrogen-bond acceptors (Lipinski definition) is 7. The molecule has 0 radical (unpaired) electrons. The molecule has 0 saturated carbocycles. The molecule has 2 aliphatic rings. The fraction of sp³-hybridized carbons (Fsp3) is 0.588. The van der Waals surface area contributed by atoms with Gasteiger partial charge in [0.2, 0.25) is 5.95 Å². The number of aryl methyl sites for hydroxylation is 1. The van der Waals surface area contributed by atoms with E-state index in [1.165, 1.54) is 19.3 Å². The third-order valence-corrected chi connectivity index (χ3v) is 4.80. The molecule has 0 bridgehead atoms. The van der Waals surface area contributed by atoms with Gasteiger partial charge < -0.3 is 19.6 Å². The summed E-state index contributed by atoms with van der Waals surface area (Å²) < 4.78 is 7.56. The number of anilines is 2. The van der Waals surface area contributed by atoms with Crippen LogP contribution in [0.2, 0.25) is 0 Å². The lowest BCUT2D eigenvalue weighted by atomic mass is 10.1. The first-order chi connectivity index (χ1) is 12.2. The highest BCUT2D eigenvalue weighted by Gasteiger charge is 2.34. The van der Waals surface area contributed by atoms with Gasteiger partial charge in [-0.3, -0.25) is 4.68 Å². The summed E-state index contributed by atoms with van der Waals surface area (Å²) in [6.07, 6.45) is 8.07. The maximum atomic E-state index is 10.4. The van der Waals surface area contributed by atoms with Crippen molar-refractivity contribution in [3.05, 3.63) is 24.7 Å². The number of aromatic nitrogens is 4. The second-order valence-electron chi connectivity index (χ2n) is 6.74. The summed E-state index contributed by atoms with van der Waals surface area (Å²) in [6.45, 7) is 3.12. The van der Waals surface area contributed by atoms with E-state index in [9.17, 15) is 5.11 Å². The van der Waals surface area contributed by atoms with Crippen molar-refractivity contribution in [2.24, 2.45) is 7.05 Å². The number of nitrogens with zero attached hydrogens (tertiary/aromatic N) is 6. The lowest BCUT2D eigenvalue weighted by molar-refractivity contribution is 0.0737. The molecule has 2 aromatic heterocycles. The number of β-amino-alcohol motifs (C(OH)–C–C–N with tert-alkyl or cyclic N) is 1. The molecular formula is C17H24N6O2. The predicted octanol–water partition coefficient (Wildman–Crippen LogP) is 0.829. The molecule has 0 aromatic carbocycles. The molecule has 0 amide bonds. The molecule has 2 saturated heterocycles. The van der Waals surface area contributed by atoms with Crippen LogP contribution in [0.15, 0.2) is 24.7 Å². The van der Waals surface area contributed by atoms with E-state index in [4.69, 9.17) is 9.72 Å². The highest BCUT2D eigenvalue weighted by Crippen LogP contribution is 2.24. The van der Waals surface area contributed by atoms with Crippen molar-refractivity contribution in [3.8, 4) is 5.75 Å². The summed E-state index contributed by atoms with van der Waals surface area (Å²) in [7, 11) is 1.84. The van der Waals surface area contributed by atoms with Crippen molar-refractivity contribution in [1.29, 1.82) is 0 Å². The van der Waals surface area contributed by atoms with E-state index in [0.29, 0.717) is 18.8 Å². The van der Waals surface area contributed by atoms with Crippen molar-refractivity contribution in [2.75, 3.05) is 36.0 Å². The molecule has 134 valence electrons. The van der Waals surface area contributed by atoms with E-state index in [-0.39, 0.29) is 6.10 Å². The van der Waals surface area contributed by atoms with Gasteiger partial charge in [-0.1, -0.05) is 0 Å². The van der Waals surface area contributed by atoms with E-state index in [2.05, 4.69) is 19.9 Å². The molecular weight excluding hydrogens is 320 g/mol. The molecule has 2 aromatic rings. The first-order valence-electron chi connectivity index (χ1n) is 8.85. The number of hydrogen-bond donors (Lipinski definition) is 1. The van der Waals surface area contributed by atoms with E-state index in [0.717, 1.165) is 24.9 Å². The van der Waals surface area contributed by atoms with Crippen LogP contribution in [0, 0.1) is 0 Å². The molecule has 0 unspecified atom stereocenters. The highest BCUT2D eigenvalue weighted by molar-refractivity contribution is 5.45. The van der Waals surface area contributed by atoms with Crippen LogP contribution < -0.4 is 14.5 Å². The Labute approximate surface area is 147 Å². The maximum Gasteiger partial charge on any atom is 0.227 e. The van der Waals surface area contributed by atoms with Gasteiger partial charge in [-0.25, -0.2) is 4.98 Å². The van der Waals surface area contributed by atoms with Crippen LogP contribution in [-0.4, -0.2) is 63.2 Å². The minimum Gasteiger partial charge on any atom is -0.482 e. The van der Waals surface area contributed by atoms with Crippen LogP contribution in [0.4, 0.5) is 11.8 Å². The minimum atomic E-state index is -0.561. The van der Waals surface area contributed by atoms with Crippen LogP contribution in [0.3, 0.4) is 0 Å².